The molecule has 0 aromatic heterocycles. The van der Waals surface area contributed by atoms with Crippen molar-refractivity contribution in [2.45, 2.75) is 25.7 Å². The number of carbonyl (C=O) groups is 1. The zero-order valence-corrected chi connectivity index (χ0v) is 7.58. The van der Waals surface area contributed by atoms with E-state index in [0.717, 1.165) is 19.3 Å². The highest BCUT2D eigenvalue weighted by molar-refractivity contribution is 5.72. The highest BCUT2D eigenvalue weighted by Crippen LogP contribution is 2.30. The molecular weight excluding hydrogens is 152 g/mol. The van der Waals surface area contributed by atoms with Crippen LogP contribution in [0.2, 0.25) is 0 Å². The zero-order valence-electron chi connectivity index (χ0n) is 7.58. The fourth-order valence-electron chi connectivity index (χ4n) is 1.82. The summed E-state index contributed by atoms with van der Waals surface area (Å²) in [4.78, 5) is 11.2. The summed E-state index contributed by atoms with van der Waals surface area (Å²) in [5.41, 5.74) is 0. The third-order valence-corrected chi connectivity index (χ3v) is 2.58. The molecule has 0 aliphatic heterocycles. The number of carbonyl (C=O) groups excluding carboxylic acids is 1. The van der Waals surface area contributed by atoms with Gasteiger partial charge in [0, 0.05) is 0 Å². The molecule has 1 fully saturated rings. The van der Waals surface area contributed by atoms with Gasteiger partial charge in [-0.05, 0) is 25.2 Å². The van der Waals surface area contributed by atoms with Gasteiger partial charge in [-0.1, -0.05) is 12.5 Å². The third-order valence-electron chi connectivity index (χ3n) is 2.58. The zero-order chi connectivity index (χ0) is 8.97. The quantitative estimate of drug-likeness (QED) is 0.466. The lowest BCUT2D eigenvalue weighted by atomic mass is 9.81. The van der Waals surface area contributed by atoms with Crippen LogP contribution in [-0.2, 0) is 9.53 Å². The number of rotatable bonds is 2. The van der Waals surface area contributed by atoms with Crippen molar-refractivity contribution in [2.24, 2.45) is 11.8 Å². The fourth-order valence-corrected chi connectivity index (χ4v) is 1.82. The van der Waals surface area contributed by atoms with Crippen LogP contribution in [0.3, 0.4) is 0 Å². The minimum absolute atomic E-state index is 0.0541. The monoisotopic (exact) mass is 168 g/mol. The van der Waals surface area contributed by atoms with Gasteiger partial charge in [0.1, 0.15) is 0 Å². The minimum atomic E-state index is -0.0541. The van der Waals surface area contributed by atoms with E-state index in [0.29, 0.717) is 5.92 Å². The van der Waals surface area contributed by atoms with E-state index in [1.807, 2.05) is 6.08 Å². The standard InChI is InChI=1S/C10H16O2/c1-3-8-5-4-6-9(7-8)10(11)12-2/h3,8-9H,1,4-7H2,2H3. The SMILES string of the molecule is C=CC1CCCC(C(=O)OC)C1. The molecule has 2 nitrogen and oxygen atoms in total. The summed E-state index contributed by atoms with van der Waals surface area (Å²) in [7, 11) is 1.46. The first-order valence-electron chi connectivity index (χ1n) is 4.48. The van der Waals surface area contributed by atoms with E-state index >= 15 is 0 Å². The van der Waals surface area contributed by atoms with E-state index in [9.17, 15) is 4.79 Å². The van der Waals surface area contributed by atoms with Crippen molar-refractivity contribution in [3.63, 3.8) is 0 Å². The Balaban J connectivity index is 2.45. The molecule has 1 saturated carbocycles. The van der Waals surface area contributed by atoms with Crippen molar-refractivity contribution in [1.82, 2.24) is 0 Å². The third kappa shape index (κ3) is 2.10. The van der Waals surface area contributed by atoms with Gasteiger partial charge >= 0.3 is 5.97 Å². The maximum atomic E-state index is 11.2. The Morgan fingerprint density at radius 1 is 1.58 bits per heavy atom. The van der Waals surface area contributed by atoms with Crippen molar-refractivity contribution >= 4 is 5.97 Å². The number of ether oxygens (including phenoxy) is 1. The molecule has 0 heterocycles. The fraction of sp³-hybridized carbons (Fsp3) is 0.700. The van der Waals surface area contributed by atoms with Crippen LogP contribution in [0.25, 0.3) is 0 Å². The average molecular weight is 168 g/mol. The molecule has 12 heavy (non-hydrogen) atoms. The molecule has 1 rings (SSSR count). The molecule has 68 valence electrons. The first-order chi connectivity index (χ1) is 5.77. The summed E-state index contributed by atoms with van der Waals surface area (Å²) in [6.45, 7) is 3.75. The predicted molar refractivity (Wildman–Crippen MR) is 47.7 cm³/mol. The number of esters is 1. The molecule has 2 atom stereocenters. The molecule has 1 aliphatic carbocycles. The summed E-state index contributed by atoms with van der Waals surface area (Å²) in [5, 5.41) is 0. The van der Waals surface area contributed by atoms with Gasteiger partial charge in [-0.3, -0.25) is 4.79 Å². The second-order valence-corrected chi connectivity index (χ2v) is 3.38. The van der Waals surface area contributed by atoms with E-state index in [-0.39, 0.29) is 11.9 Å². The molecular formula is C10H16O2. The molecule has 1 aliphatic rings. The van der Waals surface area contributed by atoms with Crippen LogP contribution in [0.5, 0.6) is 0 Å². The van der Waals surface area contributed by atoms with Gasteiger partial charge in [-0.25, -0.2) is 0 Å². The van der Waals surface area contributed by atoms with E-state index in [1.165, 1.54) is 13.5 Å². The Morgan fingerprint density at radius 2 is 2.33 bits per heavy atom. The van der Waals surface area contributed by atoms with Gasteiger partial charge < -0.3 is 4.74 Å². The summed E-state index contributed by atoms with van der Waals surface area (Å²) in [5.74, 6) is 0.580. The molecule has 0 bridgehead atoms. The van der Waals surface area contributed by atoms with Crippen molar-refractivity contribution in [3.05, 3.63) is 12.7 Å². The van der Waals surface area contributed by atoms with Crippen LogP contribution < -0.4 is 0 Å². The van der Waals surface area contributed by atoms with Crippen molar-refractivity contribution in [1.29, 1.82) is 0 Å². The van der Waals surface area contributed by atoms with E-state index in [4.69, 9.17) is 4.74 Å². The Bertz CT molecular complexity index is 175. The van der Waals surface area contributed by atoms with Gasteiger partial charge in [0.25, 0.3) is 0 Å². The van der Waals surface area contributed by atoms with Gasteiger partial charge in [-0.15, -0.1) is 6.58 Å². The summed E-state index contributed by atoms with van der Waals surface area (Å²) in [6.07, 6.45) is 6.16. The maximum Gasteiger partial charge on any atom is 0.308 e. The first kappa shape index (κ1) is 9.30. The number of allylic oxidation sites excluding steroid dienone is 1. The van der Waals surface area contributed by atoms with Crippen LogP contribution in [0.15, 0.2) is 12.7 Å². The Labute approximate surface area is 73.6 Å². The molecule has 0 aromatic carbocycles. The molecule has 2 heteroatoms. The molecule has 0 N–H and O–H groups in total. The molecule has 0 amide bonds. The second kappa shape index (κ2) is 4.29. The molecule has 0 saturated heterocycles. The van der Waals surface area contributed by atoms with Crippen LogP contribution in [0, 0.1) is 11.8 Å². The van der Waals surface area contributed by atoms with Gasteiger partial charge in [0.15, 0.2) is 0 Å². The Kier molecular flexibility index (Phi) is 3.32. The lowest BCUT2D eigenvalue weighted by Crippen LogP contribution is -2.22. The number of methoxy groups -OCH3 is 1. The van der Waals surface area contributed by atoms with Crippen LogP contribution in [0.4, 0.5) is 0 Å². The summed E-state index contributed by atoms with van der Waals surface area (Å²) < 4.78 is 4.71. The average Bonchev–Trinajstić information content (AvgIpc) is 2.17. The number of hydrogen-bond acceptors (Lipinski definition) is 2. The molecule has 2 unspecified atom stereocenters. The highest BCUT2D eigenvalue weighted by atomic mass is 16.5. The van der Waals surface area contributed by atoms with Crippen LogP contribution in [0.1, 0.15) is 25.7 Å². The summed E-state index contributed by atoms with van der Waals surface area (Å²) >= 11 is 0. The van der Waals surface area contributed by atoms with E-state index in [2.05, 4.69) is 6.58 Å². The topological polar surface area (TPSA) is 26.3 Å². The lowest BCUT2D eigenvalue weighted by Gasteiger charge is -2.24. The normalized spacial score (nSPS) is 29.4. The largest absolute Gasteiger partial charge is 0.469 e. The molecule has 0 aromatic rings. The van der Waals surface area contributed by atoms with Gasteiger partial charge in [0.05, 0.1) is 13.0 Å². The Morgan fingerprint density at radius 3 is 2.92 bits per heavy atom. The van der Waals surface area contributed by atoms with Crippen molar-refractivity contribution in [3.8, 4) is 0 Å². The van der Waals surface area contributed by atoms with Crippen LogP contribution in [-0.4, -0.2) is 13.1 Å². The smallest absolute Gasteiger partial charge is 0.308 e. The Hall–Kier alpha value is -0.790. The minimum Gasteiger partial charge on any atom is -0.469 e. The van der Waals surface area contributed by atoms with Crippen LogP contribution >= 0.6 is 0 Å². The second-order valence-electron chi connectivity index (χ2n) is 3.38. The lowest BCUT2D eigenvalue weighted by molar-refractivity contribution is -0.146. The molecule has 0 spiro atoms. The van der Waals surface area contributed by atoms with Gasteiger partial charge in [-0.2, -0.15) is 0 Å². The summed E-state index contributed by atoms with van der Waals surface area (Å²) in [6, 6.07) is 0. The maximum absolute atomic E-state index is 11.2. The predicted octanol–water partition coefficient (Wildman–Crippen LogP) is 2.15. The van der Waals surface area contributed by atoms with Crippen molar-refractivity contribution in [2.75, 3.05) is 7.11 Å². The highest BCUT2D eigenvalue weighted by Gasteiger charge is 2.25. The van der Waals surface area contributed by atoms with Gasteiger partial charge in [0.2, 0.25) is 0 Å². The van der Waals surface area contributed by atoms with E-state index < -0.39 is 0 Å². The van der Waals surface area contributed by atoms with Crippen molar-refractivity contribution < 1.29 is 9.53 Å². The molecule has 0 radical (unpaired) electrons. The van der Waals surface area contributed by atoms with E-state index in [1.54, 1.807) is 0 Å². The number of hydrogen-bond donors (Lipinski definition) is 0. The first-order valence-corrected chi connectivity index (χ1v) is 4.48.